The first-order chi connectivity index (χ1) is 8.90. The van der Waals surface area contributed by atoms with E-state index in [1.54, 1.807) is 12.1 Å². The van der Waals surface area contributed by atoms with E-state index >= 15 is 0 Å². The third kappa shape index (κ3) is 2.74. The molecule has 2 aromatic rings. The van der Waals surface area contributed by atoms with Crippen molar-refractivity contribution in [3.05, 3.63) is 33.9 Å². The Morgan fingerprint density at radius 1 is 1.11 bits per heavy atom. The molecule has 2 N–H and O–H groups in total. The van der Waals surface area contributed by atoms with Crippen LogP contribution in [0.25, 0.3) is 11.1 Å². The highest BCUT2D eigenvalue weighted by Crippen LogP contribution is 2.33. The van der Waals surface area contributed by atoms with Crippen molar-refractivity contribution in [1.82, 2.24) is 9.97 Å². The van der Waals surface area contributed by atoms with Crippen LogP contribution in [0.5, 0.6) is 0 Å². The number of aromatic nitrogens is 2. The summed E-state index contributed by atoms with van der Waals surface area (Å²) in [6.45, 7) is 1.89. The SMILES string of the molecule is Cc1nc(N(C)C)nc(N)c1-c1ccc(Cl)c(Cl)c1. The van der Waals surface area contributed by atoms with Gasteiger partial charge in [-0.05, 0) is 24.6 Å². The average Bonchev–Trinajstić information content (AvgIpc) is 2.32. The first-order valence-electron chi connectivity index (χ1n) is 5.67. The zero-order valence-corrected chi connectivity index (χ0v) is 12.4. The van der Waals surface area contributed by atoms with Crippen LogP contribution in [0.4, 0.5) is 11.8 Å². The van der Waals surface area contributed by atoms with Gasteiger partial charge in [0.2, 0.25) is 5.95 Å². The molecule has 0 bridgehead atoms. The summed E-state index contributed by atoms with van der Waals surface area (Å²) < 4.78 is 0. The molecule has 0 amide bonds. The number of hydrogen-bond acceptors (Lipinski definition) is 4. The highest BCUT2D eigenvalue weighted by atomic mass is 35.5. The highest BCUT2D eigenvalue weighted by molar-refractivity contribution is 6.42. The van der Waals surface area contributed by atoms with Crippen LogP contribution < -0.4 is 10.6 Å². The number of nitrogen functional groups attached to an aromatic ring is 1. The standard InChI is InChI=1S/C13H14Cl2N4/c1-7-11(8-4-5-9(14)10(15)6-8)12(16)18-13(17-7)19(2)3/h4-6H,1-3H3,(H2,16,17,18). The fourth-order valence-electron chi connectivity index (χ4n) is 1.79. The van der Waals surface area contributed by atoms with Crippen LogP contribution >= 0.6 is 23.2 Å². The quantitative estimate of drug-likeness (QED) is 0.923. The minimum Gasteiger partial charge on any atom is -0.383 e. The Balaban J connectivity index is 2.59. The molecule has 0 aliphatic heterocycles. The van der Waals surface area contributed by atoms with Crippen molar-refractivity contribution in [1.29, 1.82) is 0 Å². The topological polar surface area (TPSA) is 55.0 Å². The van der Waals surface area contributed by atoms with Crippen LogP contribution in [0.2, 0.25) is 10.0 Å². The number of aryl methyl sites for hydroxylation is 1. The second kappa shape index (κ2) is 5.23. The lowest BCUT2D eigenvalue weighted by molar-refractivity contribution is 0.984. The fourth-order valence-corrected chi connectivity index (χ4v) is 2.09. The van der Waals surface area contributed by atoms with Gasteiger partial charge in [-0.25, -0.2) is 4.98 Å². The minimum absolute atomic E-state index is 0.426. The molecule has 1 aromatic heterocycles. The number of hydrogen-bond donors (Lipinski definition) is 1. The van der Waals surface area contributed by atoms with Gasteiger partial charge in [-0.1, -0.05) is 29.3 Å². The van der Waals surface area contributed by atoms with Crippen LogP contribution in [-0.4, -0.2) is 24.1 Å². The molecule has 1 aromatic carbocycles. The molecule has 100 valence electrons. The van der Waals surface area contributed by atoms with E-state index in [0.717, 1.165) is 16.8 Å². The monoisotopic (exact) mass is 296 g/mol. The molecular weight excluding hydrogens is 283 g/mol. The van der Waals surface area contributed by atoms with Gasteiger partial charge in [-0.3, -0.25) is 0 Å². The summed E-state index contributed by atoms with van der Waals surface area (Å²) in [6, 6.07) is 5.35. The largest absolute Gasteiger partial charge is 0.383 e. The summed E-state index contributed by atoms with van der Waals surface area (Å²) in [5.41, 5.74) is 8.46. The lowest BCUT2D eigenvalue weighted by Crippen LogP contribution is -2.15. The van der Waals surface area contributed by atoms with Crippen molar-refractivity contribution in [3.8, 4) is 11.1 Å². The van der Waals surface area contributed by atoms with Crippen LogP contribution in [0.15, 0.2) is 18.2 Å². The van der Waals surface area contributed by atoms with Gasteiger partial charge in [0.05, 0.1) is 15.7 Å². The molecule has 19 heavy (non-hydrogen) atoms. The van der Waals surface area contributed by atoms with E-state index in [1.165, 1.54) is 0 Å². The molecule has 0 aliphatic rings. The molecule has 0 fully saturated rings. The minimum atomic E-state index is 0.426. The van der Waals surface area contributed by atoms with E-state index in [9.17, 15) is 0 Å². The van der Waals surface area contributed by atoms with E-state index in [-0.39, 0.29) is 0 Å². The van der Waals surface area contributed by atoms with Gasteiger partial charge in [0.15, 0.2) is 0 Å². The van der Waals surface area contributed by atoms with E-state index in [0.29, 0.717) is 21.8 Å². The summed E-state index contributed by atoms with van der Waals surface area (Å²) in [6.07, 6.45) is 0. The summed E-state index contributed by atoms with van der Waals surface area (Å²) in [4.78, 5) is 10.5. The number of nitrogens with zero attached hydrogens (tertiary/aromatic N) is 3. The number of nitrogens with two attached hydrogens (primary N) is 1. The van der Waals surface area contributed by atoms with Crippen LogP contribution in [-0.2, 0) is 0 Å². The first kappa shape index (κ1) is 13.9. The Morgan fingerprint density at radius 2 is 1.79 bits per heavy atom. The number of anilines is 2. The van der Waals surface area contributed by atoms with E-state index in [4.69, 9.17) is 28.9 Å². The highest BCUT2D eigenvalue weighted by Gasteiger charge is 2.13. The van der Waals surface area contributed by atoms with Crippen LogP contribution in [0.3, 0.4) is 0 Å². The van der Waals surface area contributed by atoms with Crippen molar-refractivity contribution < 1.29 is 0 Å². The van der Waals surface area contributed by atoms with Crippen molar-refractivity contribution in [2.45, 2.75) is 6.92 Å². The van der Waals surface area contributed by atoms with Gasteiger partial charge in [0.25, 0.3) is 0 Å². The molecular formula is C13H14Cl2N4. The van der Waals surface area contributed by atoms with Crippen molar-refractivity contribution >= 4 is 35.0 Å². The molecule has 0 atom stereocenters. The lowest BCUT2D eigenvalue weighted by atomic mass is 10.1. The molecule has 0 radical (unpaired) electrons. The normalized spacial score (nSPS) is 10.6. The third-order valence-electron chi connectivity index (χ3n) is 2.71. The Hall–Kier alpha value is -1.52. The van der Waals surface area contributed by atoms with Gasteiger partial charge in [-0.15, -0.1) is 0 Å². The second-order valence-electron chi connectivity index (χ2n) is 4.39. The number of rotatable bonds is 2. The predicted molar refractivity (Wildman–Crippen MR) is 81.0 cm³/mol. The Kier molecular flexibility index (Phi) is 3.83. The Bertz CT molecular complexity index is 603. The van der Waals surface area contributed by atoms with E-state index in [1.807, 2.05) is 32.0 Å². The molecule has 2 rings (SSSR count). The molecule has 0 saturated heterocycles. The van der Waals surface area contributed by atoms with Gasteiger partial charge >= 0.3 is 0 Å². The molecule has 0 aliphatic carbocycles. The second-order valence-corrected chi connectivity index (χ2v) is 5.21. The smallest absolute Gasteiger partial charge is 0.227 e. The van der Waals surface area contributed by atoms with Crippen molar-refractivity contribution in [2.75, 3.05) is 24.7 Å². The van der Waals surface area contributed by atoms with Crippen LogP contribution in [0.1, 0.15) is 5.69 Å². The average molecular weight is 297 g/mol. The van der Waals surface area contributed by atoms with Gasteiger partial charge in [0, 0.05) is 19.7 Å². The molecule has 0 unspecified atom stereocenters. The van der Waals surface area contributed by atoms with E-state index < -0.39 is 0 Å². The maximum atomic E-state index is 6.03. The summed E-state index contributed by atoms with van der Waals surface area (Å²) in [5.74, 6) is 1.01. The summed E-state index contributed by atoms with van der Waals surface area (Å²) in [7, 11) is 3.74. The molecule has 4 nitrogen and oxygen atoms in total. The maximum Gasteiger partial charge on any atom is 0.227 e. The zero-order chi connectivity index (χ0) is 14.2. The number of halogens is 2. The van der Waals surface area contributed by atoms with Gasteiger partial charge in [0.1, 0.15) is 5.82 Å². The summed E-state index contributed by atoms with van der Waals surface area (Å²) in [5, 5.41) is 0.988. The van der Waals surface area contributed by atoms with Crippen molar-refractivity contribution in [2.24, 2.45) is 0 Å². The third-order valence-corrected chi connectivity index (χ3v) is 3.45. The Labute approximate surface area is 122 Å². The Morgan fingerprint density at radius 3 is 2.32 bits per heavy atom. The fraction of sp³-hybridized carbons (Fsp3) is 0.231. The van der Waals surface area contributed by atoms with Gasteiger partial charge in [-0.2, -0.15) is 4.98 Å². The number of benzene rings is 1. The maximum absolute atomic E-state index is 6.03. The molecule has 0 spiro atoms. The molecule has 6 heteroatoms. The zero-order valence-electron chi connectivity index (χ0n) is 10.9. The van der Waals surface area contributed by atoms with Gasteiger partial charge < -0.3 is 10.6 Å². The summed E-state index contributed by atoms with van der Waals surface area (Å²) >= 11 is 11.9. The lowest BCUT2D eigenvalue weighted by Gasteiger charge is -2.15. The molecule has 1 heterocycles. The van der Waals surface area contributed by atoms with Crippen LogP contribution in [0, 0.1) is 6.92 Å². The van der Waals surface area contributed by atoms with Crippen molar-refractivity contribution in [3.63, 3.8) is 0 Å². The first-order valence-corrected chi connectivity index (χ1v) is 6.42. The van der Waals surface area contributed by atoms with E-state index in [2.05, 4.69) is 9.97 Å². The molecule has 0 saturated carbocycles. The predicted octanol–water partition coefficient (Wildman–Crippen LogP) is 3.41.